The van der Waals surface area contributed by atoms with E-state index in [-0.39, 0.29) is 22.8 Å². The lowest BCUT2D eigenvalue weighted by Crippen LogP contribution is -2.38. The molecule has 1 aromatic carbocycles. The molecule has 10 heteroatoms. The first-order valence-corrected chi connectivity index (χ1v) is 11.5. The molecule has 0 bridgehead atoms. The van der Waals surface area contributed by atoms with Crippen LogP contribution in [0.4, 0.5) is 0 Å². The number of aryl methyl sites for hydroxylation is 1. The minimum atomic E-state index is -3.61. The second kappa shape index (κ2) is 8.17. The summed E-state index contributed by atoms with van der Waals surface area (Å²) in [7, 11) is -6.73. The van der Waals surface area contributed by atoms with Gasteiger partial charge in [-0.25, -0.2) is 16.8 Å². The van der Waals surface area contributed by atoms with Crippen molar-refractivity contribution in [2.75, 3.05) is 23.9 Å². The molecule has 0 radical (unpaired) electrons. The van der Waals surface area contributed by atoms with Crippen molar-refractivity contribution in [3.05, 3.63) is 29.8 Å². The zero-order valence-electron chi connectivity index (χ0n) is 14.3. The third kappa shape index (κ3) is 6.10. The van der Waals surface area contributed by atoms with Gasteiger partial charge < -0.3 is 10.1 Å². The van der Waals surface area contributed by atoms with Crippen molar-refractivity contribution in [3.63, 3.8) is 0 Å². The fraction of sp³-hybridized carbons (Fsp3) is 0.500. The smallest absolute Gasteiger partial charge is 0.307 e. The second-order valence-corrected chi connectivity index (χ2v) is 10.5. The molecule has 0 aromatic heterocycles. The zero-order valence-corrected chi connectivity index (χ0v) is 15.9. The number of sulfone groups is 2. The number of nitrogens with one attached hydrogen (secondary N) is 1. The van der Waals surface area contributed by atoms with Gasteiger partial charge in [0.15, 0.2) is 26.3 Å². The highest BCUT2D eigenvalue weighted by Gasteiger charge is 2.29. The highest BCUT2D eigenvalue weighted by Crippen LogP contribution is 2.13. The molecule has 0 spiro atoms. The third-order valence-electron chi connectivity index (χ3n) is 3.92. The molecular weight excluding hydrogens is 382 g/mol. The van der Waals surface area contributed by atoms with Gasteiger partial charge in [-0.3, -0.25) is 9.59 Å². The lowest BCUT2D eigenvalue weighted by molar-refractivity contribution is -0.148. The average molecular weight is 403 g/mol. The van der Waals surface area contributed by atoms with Gasteiger partial charge in [-0.15, -0.1) is 0 Å². The largest absolute Gasteiger partial charge is 0.456 e. The van der Waals surface area contributed by atoms with Gasteiger partial charge in [-0.05, 0) is 25.5 Å². The van der Waals surface area contributed by atoms with Gasteiger partial charge in [-0.2, -0.15) is 0 Å². The first kappa shape index (κ1) is 20.4. The Morgan fingerprint density at radius 3 is 2.46 bits per heavy atom. The highest BCUT2D eigenvalue weighted by molar-refractivity contribution is 7.91. The van der Waals surface area contributed by atoms with Crippen molar-refractivity contribution in [2.45, 2.75) is 30.7 Å². The Bertz CT molecular complexity index is 874. The van der Waals surface area contributed by atoms with E-state index in [0.29, 0.717) is 6.42 Å². The Morgan fingerprint density at radius 1 is 1.23 bits per heavy atom. The molecule has 1 aliphatic rings. The maximum Gasteiger partial charge on any atom is 0.307 e. The minimum Gasteiger partial charge on any atom is -0.456 e. The summed E-state index contributed by atoms with van der Waals surface area (Å²) in [4.78, 5) is 23.4. The minimum absolute atomic E-state index is 0.0224. The van der Waals surface area contributed by atoms with Crippen LogP contribution in [0.3, 0.4) is 0 Å². The van der Waals surface area contributed by atoms with Crippen LogP contribution in [0, 0.1) is 6.92 Å². The van der Waals surface area contributed by atoms with E-state index in [1.165, 1.54) is 12.1 Å². The van der Waals surface area contributed by atoms with E-state index in [1.54, 1.807) is 12.1 Å². The lowest BCUT2D eigenvalue weighted by Gasteiger charge is -2.11. The molecule has 1 aromatic rings. The molecule has 1 aliphatic heterocycles. The fourth-order valence-corrected chi connectivity index (χ4v) is 5.37. The topological polar surface area (TPSA) is 124 Å². The van der Waals surface area contributed by atoms with Crippen LogP contribution in [0.1, 0.15) is 18.4 Å². The summed E-state index contributed by atoms with van der Waals surface area (Å²) >= 11 is 0. The van der Waals surface area contributed by atoms with Gasteiger partial charge in [0.1, 0.15) is 0 Å². The standard InChI is InChI=1S/C16H21NO7S2/c1-12-2-4-14(5-3-12)26(22,23)9-7-16(19)24-10-15(18)17-13-6-8-25(20,21)11-13/h2-5,13H,6-11H2,1H3,(H,17,18)/t13-/m0/s1. The molecule has 0 unspecified atom stereocenters. The number of esters is 1. The summed E-state index contributed by atoms with van der Waals surface area (Å²) in [5.41, 5.74) is 0.921. The van der Waals surface area contributed by atoms with Crippen LogP contribution in [0.5, 0.6) is 0 Å². The van der Waals surface area contributed by atoms with Gasteiger partial charge >= 0.3 is 5.97 Å². The molecule has 8 nitrogen and oxygen atoms in total. The van der Waals surface area contributed by atoms with E-state index < -0.39 is 50.0 Å². The summed E-state index contributed by atoms with van der Waals surface area (Å²) in [5, 5.41) is 2.48. The van der Waals surface area contributed by atoms with E-state index in [0.717, 1.165) is 5.56 Å². The van der Waals surface area contributed by atoms with Gasteiger partial charge in [-0.1, -0.05) is 17.7 Å². The van der Waals surface area contributed by atoms with Crippen molar-refractivity contribution < 1.29 is 31.2 Å². The molecule has 0 saturated carbocycles. The number of ether oxygens (including phenoxy) is 1. The van der Waals surface area contributed by atoms with Crippen molar-refractivity contribution in [1.82, 2.24) is 5.32 Å². The first-order valence-electron chi connectivity index (χ1n) is 8.02. The molecule has 1 saturated heterocycles. The van der Waals surface area contributed by atoms with E-state index in [1.807, 2.05) is 6.92 Å². The summed E-state index contributed by atoms with van der Waals surface area (Å²) in [6, 6.07) is 5.79. The van der Waals surface area contributed by atoms with Crippen molar-refractivity contribution in [1.29, 1.82) is 0 Å². The SMILES string of the molecule is Cc1ccc(S(=O)(=O)CCC(=O)OCC(=O)N[C@H]2CCS(=O)(=O)C2)cc1. The van der Waals surface area contributed by atoms with Gasteiger partial charge in [0, 0.05) is 6.04 Å². The third-order valence-corrected chi connectivity index (χ3v) is 7.42. The Hall–Kier alpha value is -1.94. The Labute approximate surface area is 152 Å². The number of hydrogen-bond donors (Lipinski definition) is 1. The Morgan fingerprint density at radius 2 is 1.88 bits per heavy atom. The number of rotatable bonds is 7. The van der Waals surface area contributed by atoms with Crippen LogP contribution in [0.2, 0.25) is 0 Å². The Balaban J connectivity index is 1.75. The summed E-state index contributed by atoms with van der Waals surface area (Å²) in [6.45, 7) is 1.26. The van der Waals surface area contributed by atoms with Gasteiger partial charge in [0.05, 0.1) is 28.6 Å². The molecule has 1 amide bonds. The molecule has 1 heterocycles. The summed E-state index contributed by atoms with van der Waals surface area (Å²) in [5.74, 6) is -1.94. The quantitative estimate of drug-likeness (QED) is 0.636. The number of carbonyl (C=O) groups is 2. The van der Waals surface area contributed by atoms with E-state index in [4.69, 9.17) is 4.74 Å². The maximum absolute atomic E-state index is 12.1. The van der Waals surface area contributed by atoms with E-state index in [9.17, 15) is 26.4 Å². The normalized spacial score (nSPS) is 19.0. The van der Waals surface area contributed by atoms with Crippen molar-refractivity contribution >= 4 is 31.6 Å². The maximum atomic E-state index is 12.1. The van der Waals surface area contributed by atoms with Gasteiger partial charge in [0.25, 0.3) is 5.91 Å². The number of amides is 1. The Kier molecular flexibility index (Phi) is 6.40. The average Bonchev–Trinajstić information content (AvgIpc) is 2.90. The first-order chi connectivity index (χ1) is 12.1. The highest BCUT2D eigenvalue weighted by atomic mass is 32.2. The van der Waals surface area contributed by atoms with E-state index in [2.05, 4.69) is 5.32 Å². The lowest BCUT2D eigenvalue weighted by atomic mass is 10.2. The molecule has 144 valence electrons. The predicted molar refractivity (Wildman–Crippen MR) is 94.0 cm³/mol. The van der Waals surface area contributed by atoms with Crippen LogP contribution in [-0.4, -0.2) is 58.6 Å². The summed E-state index contributed by atoms with van der Waals surface area (Å²) in [6.07, 6.45) is -0.0435. The van der Waals surface area contributed by atoms with E-state index >= 15 is 0 Å². The predicted octanol–water partition coefficient (Wildman–Crippen LogP) is 0.00532. The fourth-order valence-electron chi connectivity index (χ4n) is 2.48. The van der Waals surface area contributed by atoms with Crippen LogP contribution in [0.25, 0.3) is 0 Å². The zero-order chi connectivity index (χ0) is 19.4. The number of benzene rings is 1. The second-order valence-electron chi connectivity index (χ2n) is 6.21. The van der Waals surface area contributed by atoms with Crippen molar-refractivity contribution in [2.24, 2.45) is 0 Å². The molecule has 2 rings (SSSR count). The molecule has 1 fully saturated rings. The van der Waals surface area contributed by atoms with Crippen LogP contribution in [-0.2, 0) is 34.0 Å². The molecule has 1 N–H and O–H groups in total. The van der Waals surface area contributed by atoms with Crippen molar-refractivity contribution in [3.8, 4) is 0 Å². The number of hydrogen-bond acceptors (Lipinski definition) is 7. The van der Waals surface area contributed by atoms with Crippen LogP contribution >= 0.6 is 0 Å². The summed E-state index contributed by atoms with van der Waals surface area (Å²) < 4.78 is 51.6. The molecular formula is C16H21NO7S2. The molecule has 26 heavy (non-hydrogen) atoms. The van der Waals surface area contributed by atoms with Gasteiger partial charge in [0.2, 0.25) is 0 Å². The van der Waals surface area contributed by atoms with Crippen LogP contribution in [0.15, 0.2) is 29.2 Å². The molecule has 1 atom stereocenters. The monoisotopic (exact) mass is 403 g/mol. The van der Waals surface area contributed by atoms with Crippen LogP contribution < -0.4 is 5.32 Å². The number of carbonyl (C=O) groups excluding carboxylic acids is 2. The molecule has 0 aliphatic carbocycles.